The van der Waals surface area contributed by atoms with Crippen LogP contribution in [0.4, 0.5) is 0 Å². The van der Waals surface area contributed by atoms with Crippen LogP contribution in [0.25, 0.3) is 0 Å². The summed E-state index contributed by atoms with van der Waals surface area (Å²) in [5, 5.41) is 0. The lowest BCUT2D eigenvalue weighted by Crippen LogP contribution is -2.41. The van der Waals surface area contributed by atoms with Gasteiger partial charge in [0.1, 0.15) is 0 Å². The highest BCUT2D eigenvalue weighted by atomic mass is 16.5. The van der Waals surface area contributed by atoms with Gasteiger partial charge in [-0.05, 0) is 31.2 Å². The van der Waals surface area contributed by atoms with E-state index in [-0.39, 0.29) is 5.56 Å². The first-order valence-corrected chi connectivity index (χ1v) is 7.47. The number of methoxy groups -OCH3 is 3. The third-order valence-electron chi connectivity index (χ3n) is 3.53. The first-order valence-electron chi connectivity index (χ1n) is 7.47. The van der Waals surface area contributed by atoms with Crippen LogP contribution in [-0.4, -0.2) is 33.1 Å². The van der Waals surface area contributed by atoms with Gasteiger partial charge in [0.15, 0.2) is 11.5 Å². The maximum atomic E-state index is 12.3. The zero-order chi connectivity index (χ0) is 18.4. The molecular formula is C18H20N2O5. The Kier molecular flexibility index (Phi) is 5.84. The third kappa shape index (κ3) is 4.20. The second-order valence-electron chi connectivity index (χ2n) is 5.19. The summed E-state index contributed by atoms with van der Waals surface area (Å²) in [6, 6.07) is 9.97. The molecule has 2 aromatic rings. The Hall–Kier alpha value is -3.22. The van der Waals surface area contributed by atoms with Gasteiger partial charge in [0.2, 0.25) is 5.75 Å². The van der Waals surface area contributed by atoms with Crippen molar-refractivity contribution in [3.05, 3.63) is 53.1 Å². The fraction of sp³-hybridized carbons (Fsp3) is 0.222. The van der Waals surface area contributed by atoms with Crippen LogP contribution in [0.3, 0.4) is 0 Å². The van der Waals surface area contributed by atoms with Crippen LogP contribution < -0.4 is 25.1 Å². The number of carbonyl (C=O) groups excluding carboxylic acids is 2. The Morgan fingerprint density at radius 2 is 1.24 bits per heavy atom. The molecule has 25 heavy (non-hydrogen) atoms. The molecule has 0 aliphatic rings. The Balaban J connectivity index is 2.12. The molecule has 2 amide bonds. The van der Waals surface area contributed by atoms with E-state index in [1.807, 2.05) is 19.1 Å². The monoisotopic (exact) mass is 344 g/mol. The lowest BCUT2D eigenvalue weighted by Gasteiger charge is -2.14. The molecule has 0 fully saturated rings. The van der Waals surface area contributed by atoms with E-state index >= 15 is 0 Å². The fourth-order valence-electron chi connectivity index (χ4n) is 2.17. The van der Waals surface area contributed by atoms with Gasteiger partial charge in [-0.25, -0.2) is 0 Å². The molecule has 132 valence electrons. The molecular weight excluding hydrogens is 324 g/mol. The summed E-state index contributed by atoms with van der Waals surface area (Å²) in [6.45, 7) is 1.92. The minimum absolute atomic E-state index is 0.249. The van der Waals surface area contributed by atoms with Crippen molar-refractivity contribution < 1.29 is 23.8 Å². The van der Waals surface area contributed by atoms with Gasteiger partial charge in [0, 0.05) is 11.1 Å². The third-order valence-corrected chi connectivity index (χ3v) is 3.53. The predicted molar refractivity (Wildman–Crippen MR) is 92.2 cm³/mol. The highest BCUT2D eigenvalue weighted by Gasteiger charge is 2.17. The van der Waals surface area contributed by atoms with Gasteiger partial charge < -0.3 is 14.2 Å². The maximum Gasteiger partial charge on any atom is 0.269 e. The van der Waals surface area contributed by atoms with E-state index < -0.39 is 11.8 Å². The molecule has 0 aliphatic heterocycles. The average molecular weight is 344 g/mol. The molecule has 0 atom stereocenters. The number of hydrogen-bond donors (Lipinski definition) is 2. The molecule has 0 heterocycles. The topological polar surface area (TPSA) is 85.9 Å². The minimum atomic E-state index is -0.514. The van der Waals surface area contributed by atoms with Crippen LogP contribution in [0.15, 0.2) is 36.4 Å². The second kappa shape index (κ2) is 8.05. The van der Waals surface area contributed by atoms with Gasteiger partial charge in [-0.2, -0.15) is 0 Å². The fourth-order valence-corrected chi connectivity index (χ4v) is 2.17. The molecule has 0 bridgehead atoms. The summed E-state index contributed by atoms with van der Waals surface area (Å²) in [6.07, 6.45) is 0. The van der Waals surface area contributed by atoms with Crippen LogP contribution in [-0.2, 0) is 0 Å². The SMILES string of the molecule is COc1cc(C(=O)NNC(=O)c2ccc(C)cc2)cc(OC)c1OC. The lowest BCUT2D eigenvalue weighted by molar-refractivity contribution is 0.0846. The summed E-state index contributed by atoms with van der Waals surface area (Å²) in [5.74, 6) is 0.138. The van der Waals surface area contributed by atoms with Crippen molar-refractivity contribution in [1.82, 2.24) is 10.9 Å². The number of amides is 2. The molecule has 0 aliphatic carbocycles. The van der Waals surface area contributed by atoms with Crippen LogP contribution in [0.5, 0.6) is 17.2 Å². The molecule has 2 N–H and O–H groups in total. The van der Waals surface area contributed by atoms with E-state index in [4.69, 9.17) is 14.2 Å². The van der Waals surface area contributed by atoms with Gasteiger partial charge in [-0.15, -0.1) is 0 Å². The van der Waals surface area contributed by atoms with E-state index in [2.05, 4.69) is 10.9 Å². The van der Waals surface area contributed by atoms with Crippen LogP contribution in [0, 0.1) is 6.92 Å². The van der Waals surface area contributed by atoms with E-state index in [0.29, 0.717) is 22.8 Å². The highest BCUT2D eigenvalue weighted by Crippen LogP contribution is 2.38. The average Bonchev–Trinajstić information content (AvgIpc) is 2.64. The van der Waals surface area contributed by atoms with Gasteiger partial charge in [-0.1, -0.05) is 17.7 Å². The number of carbonyl (C=O) groups is 2. The molecule has 0 saturated heterocycles. The summed E-state index contributed by atoms with van der Waals surface area (Å²) in [7, 11) is 4.39. The van der Waals surface area contributed by atoms with Crippen LogP contribution >= 0.6 is 0 Å². The lowest BCUT2D eigenvalue weighted by atomic mass is 10.1. The largest absolute Gasteiger partial charge is 0.493 e. The Morgan fingerprint density at radius 1 is 0.760 bits per heavy atom. The van der Waals surface area contributed by atoms with Crippen molar-refractivity contribution in [1.29, 1.82) is 0 Å². The smallest absolute Gasteiger partial charge is 0.269 e. The quantitative estimate of drug-likeness (QED) is 0.811. The molecule has 0 unspecified atom stereocenters. The Labute approximate surface area is 145 Å². The number of aryl methyl sites for hydroxylation is 1. The molecule has 7 heteroatoms. The van der Waals surface area contributed by atoms with Gasteiger partial charge in [0.05, 0.1) is 21.3 Å². The summed E-state index contributed by atoms with van der Waals surface area (Å²) in [4.78, 5) is 24.3. The normalized spacial score (nSPS) is 9.92. The number of rotatable bonds is 5. The van der Waals surface area contributed by atoms with E-state index in [1.54, 1.807) is 12.1 Å². The van der Waals surface area contributed by atoms with E-state index in [9.17, 15) is 9.59 Å². The van der Waals surface area contributed by atoms with Crippen LogP contribution in [0.1, 0.15) is 26.3 Å². The van der Waals surface area contributed by atoms with Gasteiger partial charge >= 0.3 is 0 Å². The highest BCUT2D eigenvalue weighted by molar-refractivity contribution is 5.99. The number of hydrazine groups is 1. The number of ether oxygens (including phenoxy) is 3. The zero-order valence-corrected chi connectivity index (χ0v) is 14.5. The molecule has 0 radical (unpaired) electrons. The van der Waals surface area contributed by atoms with E-state index in [0.717, 1.165) is 5.56 Å². The molecule has 2 rings (SSSR count). The van der Waals surface area contributed by atoms with Crippen molar-refractivity contribution in [2.75, 3.05) is 21.3 Å². The van der Waals surface area contributed by atoms with Crippen molar-refractivity contribution in [2.45, 2.75) is 6.92 Å². The standard InChI is InChI=1S/C18H20N2O5/c1-11-5-7-12(8-6-11)17(21)19-20-18(22)13-9-14(23-2)16(25-4)15(10-13)24-3/h5-10H,1-4H3,(H,19,21)(H,20,22). The molecule has 0 saturated carbocycles. The van der Waals surface area contributed by atoms with Crippen molar-refractivity contribution in [2.24, 2.45) is 0 Å². The molecule has 2 aromatic carbocycles. The maximum absolute atomic E-state index is 12.3. The first-order chi connectivity index (χ1) is 12.0. The van der Waals surface area contributed by atoms with E-state index in [1.165, 1.54) is 33.5 Å². The predicted octanol–water partition coefficient (Wildman–Crippen LogP) is 2.10. The molecule has 0 aromatic heterocycles. The van der Waals surface area contributed by atoms with Gasteiger partial charge in [0.25, 0.3) is 11.8 Å². The summed E-state index contributed by atoms with van der Waals surface area (Å²) < 4.78 is 15.6. The number of nitrogens with one attached hydrogen (secondary N) is 2. The number of benzene rings is 2. The van der Waals surface area contributed by atoms with Gasteiger partial charge in [-0.3, -0.25) is 20.4 Å². The van der Waals surface area contributed by atoms with Crippen molar-refractivity contribution in [3.8, 4) is 17.2 Å². The Morgan fingerprint density at radius 3 is 1.68 bits per heavy atom. The number of hydrogen-bond acceptors (Lipinski definition) is 5. The Bertz CT molecular complexity index is 747. The molecule has 0 spiro atoms. The zero-order valence-electron chi connectivity index (χ0n) is 14.5. The second-order valence-corrected chi connectivity index (χ2v) is 5.19. The van der Waals surface area contributed by atoms with Crippen molar-refractivity contribution >= 4 is 11.8 Å². The summed E-state index contributed by atoms with van der Waals surface area (Å²) >= 11 is 0. The summed E-state index contributed by atoms with van der Waals surface area (Å²) in [5.41, 5.74) is 6.46. The first kappa shape index (κ1) is 18.1. The van der Waals surface area contributed by atoms with Crippen LogP contribution in [0.2, 0.25) is 0 Å². The minimum Gasteiger partial charge on any atom is -0.493 e. The van der Waals surface area contributed by atoms with Crippen molar-refractivity contribution in [3.63, 3.8) is 0 Å². The molecule has 7 nitrogen and oxygen atoms in total.